The molecule has 1 heterocycles. The zero-order valence-corrected chi connectivity index (χ0v) is 5.25. The van der Waals surface area contributed by atoms with E-state index < -0.39 is 0 Å². The first-order chi connectivity index (χ1) is 3.27. The Kier molecular flexibility index (Phi) is 1.28. The zero-order valence-electron chi connectivity index (χ0n) is 4.43. The van der Waals surface area contributed by atoms with Crippen LogP contribution in [-0.4, -0.2) is 11.7 Å². The van der Waals surface area contributed by atoms with E-state index in [9.17, 15) is 0 Å². The number of hydrogen-bond acceptors (Lipinski definition) is 3. The van der Waals surface area contributed by atoms with Gasteiger partial charge in [-0.3, -0.25) is 4.18 Å². The molecule has 1 unspecified atom stereocenters. The van der Waals surface area contributed by atoms with E-state index in [0.717, 1.165) is 6.61 Å². The zero-order chi connectivity index (χ0) is 5.33. The predicted molar refractivity (Wildman–Crippen MR) is 28.7 cm³/mol. The SMILES string of the molecule is CCOC1(C)OS1. The Bertz CT molecular complexity index is 70.1. The van der Waals surface area contributed by atoms with Gasteiger partial charge in [0.05, 0.1) is 12.0 Å². The van der Waals surface area contributed by atoms with E-state index in [1.54, 1.807) is 0 Å². The van der Waals surface area contributed by atoms with Crippen molar-refractivity contribution >= 4 is 12.0 Å². The molecule has 0 radical (unpaired) electrons. The van der Waals surface area contributed by atoms with Crippen LogP contribution in [0.3, 0.4) is 0 Å². The van der Waals surface area contributed by atoms with Gasteiger partial charge in [-0.1, -0.05) is 0 Å². The van der Waals surface area contributed by atoms with E-state index in [-0.39, 0.29) is 5.12 Å². The van der Waals surface area contributed by atoms with Crippen LogP contribution in [0.5, 0.6) is 0 Å². The van der Waals surface area contributed by atoms with Gasteiger partial charge in [-0.2, -0.15) is 0 Å². The van der Waals surface area contributed by atoms with Crippen LogP contribution in [0.25, 0.3) is 0 Å². The highest BCUT2D eigenvalue weighted by Gasteiger charge is 2.43. The van der Waals surface area contributed by atoms with Gasteiger partial charge >= 0.3 is 0 Å². The first-order valence-electron chi connectivity index (χ1n) is 2.27. The second-order valence-corrected chi connectivity index (χ2v) is 2.54. The third-order valence-electron chi connectivity index (χ3n) is 0.725. The molecular weight excluding hydrogens is 112 g/mol. The smallest absolute Gasteiger partial charge is 0.252 e. The van der Waals surface area contributed by atoms with Gasteiger partial charge in [0, 0.05) is 13.5 Å². The average Bonchev–Trinajstić information content (AvgIpc) is 2.22. The maximum Gasteiger partial charge on any atom is 0.252 e. The highest BCUT2D eigenvalue weighted by Crippen LogP contribution is 2.47. The quantitative estimate of drug-likeness (QED) is 0.406. The minimum absolute atomic E-state index is 0.283. The molecule has 0 spiro atoms. The Labute approximate surface area is 47.4 Å². The fourth-order valence-corrected chi connectivity index (χ4v) is 0.700. The molecule has 1 fully saturated rings. The molecule has 1 aliphatic heterocycles. The van der Waals surface area contributed by atoms with Crippen LogP contribution in [-0.2, 0) is 8.92 Å². The second kappa shape index (κ2) is 1.65. The van der Waals surface area contributed by atoms with Crippen molar-refractivity contribution in [1.29, 1.82) is 0 Å². The molecule has 42 valence electrons. The van der Waals surface area contributed by atoms with Crippen LogP contribution < -0.4 is 0 Å². The molecule has 0 aliphatic carbocycles. The Morgan fingerprint density at radius 3 is 2.57 bits per heavy atom. The van der Waals surface area contributed by atoms with Gasteiger partial charge in [0.15, 0.2) is 0 Å². The van der Waals surface area contributed by atoms with E-state index >= 15 is 0 Å². The summed E-state index contributed by atoms with van der Waals surface area (Å²) in [7, 11) is 0. The standard InChI is InChI=1S/C4H8O2S/c1-3-5-4(2)6-7-4/h3H2,1-2H3. The Hall–Kier alpha value is 0.270. The highest BCUT2D eigenvalue weighted by atomic mass is 32.2. The summed E-state index contributed by atoms with van der Waals surface area (Å²) in [6.45, 7) is 4.58. The van der Waals surface area contributed by atoms with Crippen LogP contribution >= 0.6 is 12.0 Å². The summed E-state index contributed by atoms with van der Waals surface area (Å²) in [5, 5.41) is -0.283. The lowest BCUT2D eigenvalue weighted by Crippen LogP contribution is -2.06. The molecule has 0 N–H and O–H groups in total. The van der Waals surface area contributed by atoms with Gasteiger partial charge in [-0.15, -0.1) is 0 Å². The van der Waals surface area contributed by atoms with Gasteiger partial charge in [0.2, 0.25) is 0 Å². The molecule has 1 saturated heterocycles. The average molecular weight is 120 g/mol. The van der Waals surface area contributed by atoms with E-state index in [1.807, 2.05) is 13.8 Å². The maximum absolute atomic E-state index is 5.08. The van der Waals surface area contributed by atoms with E-state index in [2.05, 4.69) is 0 Å². The van der Waals surface area contributed by atoms with Crippen molar-refractivity contribution < 1.29 is 8.92 Å². The molecular formula is C4H8O2S. The molecule has 0 aromatic heterocycles. The minimum Gasteiger partial charge on any atom is -0.339 e. The second-order valence-electron chi connectivity index (χ2n) is 1.46. The third-order valence-corrected chi connectivity index (χ3v) is 1.48. The number of hydrogen-bond donors (Lipinski definition) is 0. The van der Waals surface area contributed by atoms with Crippen molar-refractivity contribution in [2.45, 2.75) is 19.0 Å². The van der Waals surface area contributed by atoms with Gasteiger partial charge in [-0.05, 0) is 6.92 Å². The Morgan fingerprint density at radius 2 is 2.43 bits per heavy atom. The lowest BCUT2D eigenvalue weighted by atomic mass is 10.7. The van der Waals surface area contributed by atoms with E-state index in [4.69, 9.17) is 8.92 Å². The first kappa shape index (κ1) is 5.41. The summed E-state index contributed by atoms with van der Waals surface area (Å²) in [6, 6.07) is 0. The third kappa shape index (κ3) is 1.33. The summed E-state index contributed by atoms with van der Waals surface area (Å²) < 4.78 is 9.91. The summed E-state index contributed by atoms with van der Waals surface area (Å²) >= 11 is 1.37. The molecule has 0 aromatic rings. The normalized spacial score (nSPS) is 38.6. The summed E-state index contributed by atoms with van der Waals surface area (Å²) in [5.41, 5.74) is 0. The Balaban J connectivity index is 2.13. The Morgan fingerprint density at radius 1 is 1.86 bits per heavy atom. The predicted octanol–water partition coefficient (Wildman–Crippen LogP) is 1.38. The van der Waals surface area contributed by atoms with Crippen molar-refractivity contribution in [1.82, 2.24) is 0 Å². The van der Waals surface area contributed by atoms with Gasteiger partial charge in [-0.25, -0.2) is 0 Å². The molecule has 1 atom stereocenters. The van der Waals surface area contributed by atoms with Crippen molar-refractivity contribution in [3.63, 3.8) is 0 Å². The number of ether oxygens (including phenoxy) is 1. The summed E-state index contributed by atoms with van der Waals surface area (Å²) in [6.07, 6.45) is 0. The summed E-state index contributed by atoms with van der Waals surface area (Å²) in [5.74, 6) is 0. The fraction of sp³-hybridized carbons (Fsp3) is 1.00. The molecule has 0 aromatic carbocycles. The van der Waals surface area contributed by atoms with Crippen molar-refractivity contribution in [2.75, 3.05) is 6.61 Å². The minimum atomic E-state index is -0.283. The highest BCUT2D eigenvalue weighted by molar-refractivity contribution is 8.01. The van der Waals surface area contributed by atoms with Gasteiger partial charge in [0.25, 0.3) is 5.12 Å². The van der Waals surface area contributed by atoms with Crippen LogP contribution in [0, 0.1) is 0 Å². The lowest BCUT2D eigenvalue weighted by molar-refractivity contribution is -0.0218. The van der Waals surface area contributed by atoms with Crippen LogP contribution in [0.4, 0.5) is 0 Å². The van der Waals surface area contributed by atoms with E-state index in [1.165, 1.54) is 12.0 Å². The number of rotatable bonds is 2. The molecule has 1 aliphatic rings. The lowest BCUT2D eigenvalue weighted by Gasteiger charge is -1.98. The topological polar surface area (TPSA) is 21.8 Å². The monoisotopic (exact) mass is 120 g/mol. The van der Waals surface area contributed by atoms with Crippen LogP contribution in [0.2, 0.25) is 0 Å². The molecule has 0 saturated carbocycles. The fourth-order valence-electron chi connectivity index (χ4n) is 0.369. The van der Waals surface area contributed by atoms with Crippen molar-refractivity contribution in [3.05, 3.63) is 0 Å². The first-order valence-corrected chi connectivity index (χ1v) is 3.02. The van der Waals surface area contributed by atoms with Gasteiger partial charge in [0.1, 0.15) is 0 Å². The van der Waals surface area contributed by atoms with Crippen LogP contribution in [0.1, 0.15) is 13.8 Å². The molecule has 1 rings (SSSR count). The molecule has 0 bridgehead atoms. The molecule has 7 heavy (non-hydrogen) atoms. The molecule has 2 nitrogen and oxygen atoms in total. The summed E-state index contributed by atoms with van der Waals surface area (Å²) in [4.78, 5) is 0. The molecule has 0 amide bonds. The maximum atomic E-state index is 5.08. The largest absolute Gasteiger partial charge is 0.339 e. The van der Waals surface area contributed by atoms with E-state index in [0.29, 0.717) is 0 Å². The van der Waals surface area contributed by atoms with Crippen molar-refractivity contribution in [3.8, 4) is 0 Å². The van der Waals surface area contributed by atoms with Crippen LogP contribution in [0.15, 0.2) is 0 Å². The van der Waals surface area contributed by atoms with Crippen molar-refractivity contribution in [2.24, 2.45) is 0 Å². The van der Waals surface area contributed by atoms with Gasteiger partial charge < -0.3 is 4.74 Å². The molecule has 3 heteroatoms.